The van der Waals surface area contributed by atoms with Gasteiger partial charge in [0.2, 0.25) is 0 Å². The third-order valence-electron chi connectivity index (χ3n) is 2.94. The second-order valence-electron chi connectivity index (χ2n) is 4.07. The number of halogens is 1. The van der Waals surface area contributed by atoms with E-state index >= 15 is 0 Å². The number of hydrogen-bond acceptors (Lipinski definition) is 7. The standard InChI is InChI=1S/C10H12ClN5S2/c11-9-8(13-14-18-9)7-15-2-4-16(5-3-15)10-12-1-6-17-10/h1,6H,2-5,7H2. The summed E-state index contributed by atoms with van der Waals surface area (Å²) in [5.74, 6) is 0. The van der Waals surface area contributed by atoms with Gasteiger partial charge in [0.05, 0.1) is 0 Å². The number of anilines is 1. The van der Waals surface area contributed by atoms with Crippen molar-refractivity contribution in [1.82, 2.24) is 19.5 Å². The minimum Gasteiger partial charge on any atom is -0.346 e. The highest BCUT2D eigenvalue weighted by molar-refractivity contribution is 7.13. The van der Waals surface area contributed by atoms with E-state index < -0.39 is 0 Å². The first-order valence-corrected chi connectivity index (χ1v) is 7.69. The first kappa shape index (κ1) is 12.3. The first-order valence-electron chi connectivity index (χ1n) is 5.66. The Kier molecular flexibility index (Phi) is 3.74. The van der Waals surface area contributed by atoms with Gasteiger partial charge in [-0.05, 0) is 0 Å². The van der Waals surface area contributed by atoms with Crippen LogP contribution in [0.4, 0.5) is 5.13 Å². The van der Waals surface area contributed by atoms with Crippen molar-refractivity contribution >= 4 is 39.6 Å². The highest BCUT2D eigenvalue weighted by Gasteiger charge is 2.20. The fourth-order valence-corrected chi connectivity index (χ4v) is 3.28. The SMILES string of the molecule is Clc1snnc1CN1CCN(c2nccs2)CC1. The van der Waals surface area contributed by atoms with Crippen LogP contribution in [0.2, 0.25) is 4.34 Å². The van der Waals surface area contributed by atoms with Gasteiger partial charge >= 0.3 is 0 Å². The number of nitrogens with zero attached hydrogens (tertiary/aromatic N) is 5. The van der Waals surface area contributed by atoms with E-state index in [9.17, 15) is 0 Å². The Hall–Kier alpha value is -0.760. The van der Waals surface area contributed by atoms with Crippen molar-refractivity contribution < 1.29 is 0 Å². The predicted octanol–water partition coefficient (Wildman–Crippen LogP) is 1.97. The number of rotatable bonds is 3. The predicted molar refractivity (Wildman–Crippen MR) is 74.5 cm³/mol. The molecule has 0 radical (unpaired) electrons. The zero-order valence-corrected chi connectivity index (χ0v) is 12.0. The maximum absolute atomic E-state index is 6.02. The van der Waals surface area contributed by atoms with Crippen molar-refractivity contribution in [1.29, 1.82) is 0 Å². The minimum atomic E-state index is 0.706. The Morgan fingerprint density at radius 1 is 1.28 bits per heavy atom. The van der Waals surface area contributed by atoms with Crippen molar-refractivity contribution in [3.8, 4) is 0 Å². The average Bonchev–Trinajstić information content (AvgIpc) is 3.03. The van der Waals surface area contributed by atoms with Crippen molar-refractivity contribution in [2.45, 2.75) is 6.54 Å². The number of aromatic nitrogens is 3. The average molecular weight is 302 g/mol. The summed E-state index contributed by atoms with van der Waals surface area (Å²) in [5.41, 5.74) is 0.893. The third kappa shape index (κ3) is 2.64. The minimum absolute atomic E-state index is 0.706. The molecule has 3 heterocycles. The number of thiazole rings is 1. The zero-order valence-electron chi connectivity index (χ0n) is 9.62. The van der Waals surface area contributed by atoms with E-state index in [1.165, 1.54) is 11.5 Å². The Morgan fingerprint density at radius 3 is 2.72 bits per heavy atom. The molecule has 0 aromatic carbocycles. The lowest BCUT2D eigenvalue weighted by atomic mass is 10.3. The van der Waals surface area contributed by atoms with Gasteiger partial charge in [-0.3, -0.25) is 4.90 Å². The molecule has 1 fully saturated rings. The summed E-state index contributed by atoms with van der Waals surface area (Å²) in [7, 11) is 0. The van der Waals surface area contributed by atoms with Crippen LogP contribution in [-0.4, -0.2) is 45.6 Å². The summed E-state index contributed by atoms with van der Waals surface area (Å²) in [6.07, 6.45) is 1.85. The third-order valence-corrected chi connectivity index (χ3v) is 4.76. The van der Waals surface area contributed by atoms with Crippen molar-refractivity contribution in [3.05, 3.63) is 21.6 Å². The fourth-order valence-electron chi connectivity index (χ4n) is 1.97. The molecule has 8 heteroatoms. The summed E-state index contributed by atoms with van der Waals surface area (Å²) in [6.45, 7) is 4.81. The molecule has 0 saturated carbocycles. The number of hydrogen-bond donors (Lipinski definition) is 0. The van der Waals surface area contributed by atoms with Crippen molar-refractivity contribution in [3.63, 3.8) is 0 Å². The molecular weight excluding hydrogens is 290 g/mol. The van der Waals surface area contributed by atoms with Gasteiger partial charge in [-0.15, -0.1) is 16.4 Å². The van der Waals surface area contributed by atoms with Gasteiger partial charge in [-0.1, -0.05) is 16.1 Å². The monoisotopic (exact) mass is 301 g/mol. The topological polar surface area (TPSA) is 45.2 Å². The van der Waals surface area contributed by atoms with E-state index in [-0.39, 0.29) is 0 Å². The molecule has 3 rings (SSSR count). The largest absolute Gasteiger partial charge is 0.346 e. The molecule has 2 aromatic rings. The van der Waals surface area contributed by atoms with Gasteiger partial charge < -0.3 is 4.90 Å². The molecule has 0 amide bonds. The Balaban J connectivity index is 1.56. The van der Waals surface area contributed by atoms with E-state index in [1.807, 2.05) is 11.6 Å². The molecule has 1 saturated heterocycles. The zero-order chi connectivity index (χ0) is 12.4. The normalized spacial score (nSPS) is 17.3. The molecule has 0 bridgehead atoms. The summed E-state index contributed by atoms with van der Waals surface area (Å²) < 4.78 is 4.56. The van der Waals surface area contributed by atoms with E-state index in [1.54, 1.807) is 11.3 Å². The molecule has 0 spiro atoms. The maximum atomic E-state index is 6.02. The van der Waals surface area contributed by atoms with Crippen LogP contribution in [0.5, 0.6) is 0 Å². The lowest BCUT2D eigenvalue weighted by Crippen LogP contribution is -2.46. The van der Waals surface area contributed by atoms with Crippen LogP contribution in [0.3, 0.4) is 0 Å². The summed E-state index contributed by atoms with van der Waals surface area (Å²) in [6, 6.07) is 0. The summed E-state index contributed by atoms with van der Waals surface area (Å²) in [4.78, 5) is 9.01. The molecule has 2 aromatic heterocycles. The molecule has 0 N–H and O–H groups in total. The van der Waals surface area contributed by atoms with Crippen LogP contribution in [0, 0.1) is 0 Å². The Morgan fingerprint density at radius 2 is 2.11 bits per heavy atom. The van der Waals surface area contributed by atoms with Crippen LogP contribution in [0.1, 0.15) is 5.69 Å². The van der Waals surface area contributed by atoms with E-state index in [4.69, 9.17) is 11.6 Å². The fraction of sp³-hybridized carbons (Fsp3) is 0.500. The quantitative estimate of drug-likeness (QED) is 0.867. The lowest BCUT2D eigenvalue weighted by molar-refractivity contribution is 0.247. The second kappa shape index (κ2) is 5.48. The van der Waals surface area contributed by atoms with Crippen LogP contribution >= 0.6 is 34.5 Å². The molecule has 18 heavy (non-hydrogen) atoms. The smallest absolute Gasteiger partial charge is 0.185 e. The van der Waals surface area contributed by atoms with Crippen LogP contribution in [-0.2, 0) is 6.54 Å². The van der Waals surface area contributed by atoms with Gasteiger partial charge in [0.25, 0.3) is 0 Å². The van der Waals surface area contributed by atoms with E-state index in [2.05, 4.69) is 24.4 Å². The van der Waals surface area contributed by atoms with Crippen LogP contribution in [0.15, 0.2) is 11.6 Å². The molecule has 5 nitrogen and oxygen atoms in total. The molecular formula is C10H12ClN5S2. The number of piperazine rings is 1. The highest BCUT2D eigenvalue weighted by Crippen LogP contribution is 2.22. The second-order valence-corrected chi connectivity index (χ2v) is 6.30. The molecule has 1 aliphatic rings. The molecule has 0 atom stereocenters. The molecule has 0 unspecified atom stereocenters. The molecule has 0 aliphatic carbocycles. The Bertz CT molecular complexity index is 492. The van der Waals surface area contributed by atoms with E-state index in [0.717, 1.165) is 43.5 Å². The van der Waals surface area contributed by atoms with Crippen LogP contribution in [0.25, 0.3) is 0 Å². The van der Waals surface area contributed by atoms with Gasteiger partial charge in [0.15, 0.2) is 5.13 Å². The van der Waals surface area contributed by atoms with Gasteiger partial charge in [-0.25, -0.2) is 4.98 Å². The van der Waals surface area contributed by atoms with Crippen molar-refractivity contribution in [2.75, 3.05) is 31.1 Å². The van der Waals surface area contributed by atoms with Gasteiger partial charge in [-0.2, -0.15) is 0 Å². The van der Waals surface area contributed by atoms with E-state index in [0.29, 0.717) is 4.34 Å². The first-order chi connectivity index (χ1) is 8.83. The summed E-state index contributed by atoms with van der Waals surface area (Å²) in [5, 5.41) is 7.18. The summed E-state index contributed by atoms with van der Waals surface area (Å²) >= 11 is 8.96. The van der Waals surface area contributed by atoms with Gasteiger partial charge in [0.1, 0.15) is 10.0 Å². The Labute approximate surface area is 118 Å². The maximum Gasteiger partial charge on any atom is 0.185 e. The highest BCUT2D eigenvalue weighted by atomic mass is 35.5. The molecule has 1 aliphatic heterocycles. The lowest BCUT2D eigenvalue weighted by Gasteiger charge is -2.34. The molecule has 96 valence electrons. The van der Waals surface area contributed by atoms with Gasteiger partial charge in [0, 0.05) is 55.8 Å². The van der Waals surface area contributed by atoms with Crippen molar-refractivity contribution in [2.24, 2.45) is 0 Å². The van der Waals surface area contributed by atoms with Crippen LogP contribution < -0.4 is 4.90 Å².